The fraction of sp³-hybridized carbons (Fsp3) is 0.480. The van der Waals surface area contributed by atoms with E-state index in [2.05, 4.69) is 37.8 Å². The third-order valence-electron chi connectivity index (χ3n) is 5.80. The van der Waals surface area contributed by atoms with Gasteiger partial charge >= 0.3 is 6.18 Å². The maximum Gasteiger partial charge on any atom is 0.416 e. The van der Waals surface area contributed by atoms with Gasteiger partial charge in [-0.3, -0.25) is 4.79 Å². The van der Waals surface area contributed by atoms with Gasteiger partial charge in [-0.15, -0.1) is 0 Å². The molecular formula is C25H31F3N2O. The molecule has 0 unspecified atom stereocenters. The van der Waals surface area contributed by atoms with E-state index < -0.39 is 11.7 Å². The van der Waals surface area contributed by atoms with Gasteiger partial charge in [0.2, 0.25) is 0 Å². The van der Waals surface area contributed by atoms with Crippen LogP contribution >= 0.6 is 0 Å². The van der Waals surface area contributed by atoms with Crippen LogP contribution < -0.4 is 0 Å². The van der Waals surface area contributed by atoms with Crippen molar-refractivity contribution in [2.24, 2.45) is 0 Å². The summed E-state index contributed by atoms with van der Waals surface area (Å²) in [6.07, 6.45) is -2.18. The van der Waals surface area contributed by atoms with E-state index in [4.69, 9.17) is 0 Å². The Kier molecular flexibility index (Phi) is 7.10. The van der Waals surface area contributed by atoms with Crippen LogP contribution in [0.25, 0.3) is 0 Å². The molecule has 1 saturated heterocycles. The van der Waals surface area contributed by atoms with Crippen LogP contribution in [0.2, 0.25) is 0 Å². The molecule has 1 heterocycles. The topological polar surface area (TPSA) is 23.6 Å². The first-order valence-electron chi connectivity index (χ1n) is 10.8. The van der Waals surface area contributed by atoms with Crippen LogP contribution in [0.3, 0.4) is 0 Å². The summed E-state index contributed by atoms with van der Waals surface area (Å²) in [5.74, 6) is -0.370. The van der Waals surface area contributed by atoms with E-state index in [0.29, 0.717) is 13.1 Å². The van der Waals surface area contributed by atoms with Crippen LogP contribution in [-0.2, 0) is 18.1 Å². The predicted octanol–water partition coefficient (Wildman–Crippen LogP) is 5.74. The number of carbonyl (C=O) groups is 1. The lowest BCUT2D eigenvalue weighted by Crippen LogP contribution is -2.37. The molecule has 1 fully saturated rings. The Morgan fingerprint density at radius 3 is 2.19 bits per heavy atom. The Morgan fingerprint density at radius 2 is 1.61 bits per heavy atom. The van der Waals surface area contributed by atoms with E-state index in [1.807, 2.05) is 12.1 Å². The molecule has 168 valence electrons. The number of carbonyl (C=O) groups excluding carboxylic acids is 1. The standard InChI is InChI=1S/C25H31F3N2O/c1-24(2,3)21-11-9-19(10-12-21)18-30(16-15-29-13-4-5-14-29)23(31)20-7-6-8-22(17-20)25(26,27)28/h6-12,17H,4-5,13-16,18H2,1-3H3. The van der Waals surface area contributed by atoms with E-state index in [0.717, 1.165) is 50.2 Å². The molecule has 1 aliphatic heterocycles. The number of rotatable bonds is 6. The first-order chi connectivity index (χ1) is 14.5. The van der Waals surface area contributed by atoms with Crippen LogP contribution in [0.5, 0.6) is 0 Å². The van der Waals surface area contributed by atoms with Crippen molar-refractivity contribution < 1.29 is 18.0 Å². The Balaban J connectivity index is 1.81. The zero-order chi connectivity index (χ0) is 22.6. The SMILES string of the molecule is CC(C)(C)c1ccc(CN(CCN2CCCC2)C(=O)c2cccc(C(F)(F)F)c2)cc1. The van der Waals surface area contributed by atoms with Crippen LogP contribution in [-0.4, -0.2) is 41.9 Å². The van der Waals surface area contributed by atoms with Crippen molar-refractivity contribution in [3.63, 3.8) is 0 Å². The summed E-state index contributed by atoms with van der Waals surface area (Å²) in [5.41, 5.74) is 1.47. The fourth-order valence-corrected chi connectivity index (χ4v) is 3.86. The molecule has 1 aliphatic rings. The zero-order valence-corrected chi connectivity index (χ0v) is 18.5. The fourth-order valence-electron chi connectivity index (χ4n) is 3.86. The van der Waals surface area contributed by atoms with Gasteiger partial charge in [-0.25, -0.2) is 0 Å². The summed E-state index contributed by atoms with van der Waals surface area (Å²) in [6.45, 7) is 10.0. The molecular weight excluding hydrogens is 401 g/mol. The van der Waals surface area contributed by atoms with Gasteiger partial charge in [-0.2, -0.15) is 13.2 Å². The van der Waals surface area contributed by atoms with Gasteiger partial charge in [-0.05, 0) is 60.7 Å². The molecule has 0 radical (unpaired) electrons. The Labute approximate surface area is 182 Å². The minimum absolute atomic E-state index is 0.0296. The van der Waals surface area contributed by atoms with Crippen molar-refractivity contribution >= 4 is 5.91 Å². The summed E-state index contributed by atoms with van der Waals surface area (Å²) in [7, 11) is 0. The van der Waals surface area contributed by atoms with Crippen molar-refractivity contribution in [3.8, 4) is 0 Å². The van der Waals surface area contributed by atoms with Crippen molar-refractivity contribution in [3.05, 3.63) is 70.8 Å². The van der Waals surface area contributed by atoms with E-state index in [-0.39, 0.29) is 16.9 Å². The first kappa shape index (κ1) is 23.3. The quantitative estimate of drug-likeness (QED) is 0.581. The number of amides is 1. The molecule has 3 nitrogen and oxygen atoms in total. The second kappa shape index (κ2) is 9.43. The van der Waals surface area contributed by atoms with E-state index >= 15 is 0 Å². The largest absolute Gasteiger partial charge is 0.416 e. The predicted molar refractivity (Wildman–Crippen MR) is 117 cm³/mol. The van der Waals surface area contributed by atoms with Crippen molar-refractivity contribution in [2.45, 2.75) is 51.7 Å². The minimum Gasteiger partial charge on any atom is -0.333 e. The molecule has 0 atom stereocenters. The van der Waals surface area contributed by atoms with Gasteiger partial charge in [0.05, 0.1) is 5.56 Å². The highest BCUT2D eigenvalue weighted by Crippen LogP contribution is 2.30. The summed E-state index contributed by atoms with van der Waals surface area (Å²) in [4.78, 5) is 17.2. The van der Waals surface area contributed by atoms with Crippen molar-refractivity contribution in [2.75, 3.05) is 26.2 Å². The molecule has 2 aromatic rings. The van der Waals surface area contributed by atoms with E-state index in [9.17, 15) is 18.0 Å². The number of hydrogen-bond donors (Lipinski definition) is 0. The maximum absolute atomic E-state index is 13.2. The van der Waals surface area contributed by atoms with Crippen molar-refractivity contribution in [1.82, 2.24) is 9.80 Å². The van der Waals surface area contributed by atoms with E-state index in [1.54, 1.807) is 4.90 Å². The molecule has 0 spiro atoms. The number of alkyl halides is 3. The monoisotopic (exact) mass is 432 g/mol. The Morgan fingerprint density at radius 1 is 0.968 bits per heavy atom. The average Bonchev–Trinajstić information content (AvgIpc) is 3.23. The Hall–Kier alpha value is -2.34. The third kappa shape index (κ3) is 6.33. The lowest BCUT2D eigenvalue weighted by atomic mass is 9.87. The van der Waals surface area contributed by atoms with Gasteiger partial charge in [0.15, 0.2) is 0 Å². The average molecular weight is 433 g/mol. The van der Waals surface area contributed by atoms with Crippen LogP contribution in [0.4, 0.5) is 13.2 Å². The van der Waals surface area contributed by atoms with E-state index in [1.165, 1.54) is 17.7 Å². The van der Waals surface area contributed by atoms with Gasteiger partial charge in [0.25, 0.3) is 5.91 Å². The van der Waals surface area contributed by atoms with Crippen LogP contribution in [0.1, 0.15) is 60.7 Å². The molecule has 6 heteroatoms. The molecule has 0 aromatic heterocycles. The molecule has 0 N–H and O–H groups in total. The van der Waals surface area contributed by atoms with Crippen molar-refractivity contribution in [1.29, 1.82) is 0 Å². The first-order valence-corrected chi connectivity index (χ1v) is 10.8. The highest BCUT2D eigenvalue weighted by molar-refractivity contribution is 5.94. The molecule has 1 amide bonds. The molecule has 0 aliphatic carbocycles. The summed E-state index contributed by atoms with van der Waals surface area (Å²) in [5, 5.41) is 0. The minimum atomic E-state index is -4.47. The second-order valence-electron chi connectivity index (χ2n) is 9.30. The second-order valence-corrected chi connectivity index (χ2v) is 9.30. The lowest BCUT2D eigenvalue weighted by molar-refractivity contribution is -0.137. The zero-order valence-electron chi connectivity index (χ0n) is 18.5. The van der Waals surface area contributed by atoms with Gasteiger partial charge < -0.3 is 9.80 Å². The lowest BCUT2D eigenvalue weighted by Gasteiger charge is -2.26. The van der Waals surface area contributed by atoms with Gasteiger partial charge in [0.1, 0.15) is 0 Å². The summed E-state index contributed by atoms with van der Waals surface area (Å²) in [6, 6.07) is 12.8. The molecule has 0 saturated carbocycles. The summed E-state index contributed by atoms with van der Waals surface area (Å²) < 4.78 is 39.4. The number of likely N-dealkylation sites (tertiary alicyclic amines) is 1. The molecule has 31 heavy (non-hydrogen) atoms. The molecule has 2 aromatic carbocycles. The smallest absolute Gasteiger partial charge is 0.333 e. The van der Waals surface area contributed by atoms with Crippen LogP contribution in [0.15, 0.2) is 48.5 Å². The maximum atomic E-state index is 13.2. The van der Waals surface area contributed by atoms with Crippen LogP contribution in [0, 0.1) is 0 Å². The number of hydrogen-bond acceptors (Lipinski definition) is 2. The molecule has 3 rings (SSSR count). The molecule has 0 bridgehead atoms. The Bertz CT molecular complexity index is 879. The number of nitrogens with zero attached hydrogens (tertiary/aromatic N) is 2. The summed E-state index contributed by atoms with van der Waals surface area (Å²) >= 11 is 0. The van der Waals surface area contributed by atoms with Gasteiger partial charge in [-0.1, -0.05) is 51.1 Å². The number of halogens is 3. The highest BCUT2D eigenvalue weighted by atomic mass is 19.4. The number of benzene rings is 2. The highest BCUT2D eigenvalue weighted by Gasteiger charge is 2.31. The van der Waals surface area contributed by atoms with Gasteiger partial charge in [0, 0.05) is 25.2 Å². The third-order valence-corrected chi connectivity index (χ3v) is 5.80. The normalized spacial score (nSPS) is 15.3.